The van der Waals surface area contributed by atoms with Crippen LogP contribution < -0.4 is 23.8 Å². The zero-order valence-electron chi connectivity index (χ0n) is 21.1. The van der Waals surface area contributed by atoms with Gasteiger partial charge in [-0.3, -0.25) is 14.5 Å². The maximum absolute atomic E-state index is 14.9. The number of ketones is 1. The highest BCUT2D eigenvalue weighted by Gasteiger charge is 2.48. The van der Waals surface area contributed by atoms with Gasteiger partial charge in [0.15, 0.2) is 23.0 Å². The molecule has 1 fully saturated rings. The molecule has 1 aliphatic rings. The number of aliphatic hydroxyl groups excluding tert-OH is 1. The number of ether oxygens (including phenoxy) is 4. The molecule has 3 aromatic rings. The fourth-order valence-corrected chi connectivity index (χ4v) is 4.34. The molecule has 1 unspecified atom stereocenters. The Morgan fingerprint density at radius 2 is 1.53 bits per heavy atom. The van der Waals surface area contributed by atoms with Gasteiger partial charge in [0, 0.05) is 11.6 Å². The lowest BCUT2D eigenvalue weighted by Crippen LogP contribution is -2.30. The monoisotopic (exact) mass is 525 g/mol. The van der Waals surface area contributed by atoms with Gasteiger partial charge in [-0.1, -0.05) is 6.07 Å². The highest BCUT2D eigenvalue weighted by molar-refractivity contribution is 6.51. The number of halogens is 2. The van der Waals surface area contributed by atoms with E-state index in [4.69, 9.17) is 18.9 Å². The van der Waals surface area contributed by atoms with Crippen LogP contribution in [0.5, 0.6) is 23.0 Å². The normalized spacial score (nSPS) is 16.5. The molecule has 0 spiro atoms. The molecule has 10 heteroatoms. The minimum Gasteiger partial charge on any atom is -0.507 e. The van der Waals surface area contributed by atoms with Gasteiger partial charge >= 0.3 is 0 Å². The molecule has 0 bridgehead atoms. The summed E-state index contributed by atoms with van der Waals surface area (Å²) in [5, 5.41) is 11.3. The number of hydrogen-bond acceptors (Lipinski definition) is 7. The fraction of sp³-hybridized carbons (Fsp3) is 0.214. The van der Waals surface area contributed by atoms with Crippen molar-refractivity contribution >= 4 is 23.1 Å². The van der Waals surface area contributed by atoms with Crippen LogP contribution in [0.2, 0.25) is 0 Å². The SMILES string of the molecule is CCOc1cc(C2/C(=C(\O)c3ccc(OC)c(OC)c3)C(=O)C(=O)N2c2cc(F)ccc2F)ccc1OC. The number of hydrogen-bond donors (Lipinski definition) is 1. The minimum absolute atomic E-state index is 0.143. The Bertz CT molecular complexity index is 1440. The summed E-state index contributed by atoms with van der Waals surface area (Å²) in [5.74, 6) is -3.19. The molecule has 0 aliphatic carbocycles. The van der Waals surface area contributed by atoms with Crippen LogP contribution in [-0.2, 0) is 9.59 Å². The summed E-state index contributed by atoms with van der Waals surface area (Å²) in [6.45, 7) is 2.04. The van der Waals surface area contributed by atoms with E-state index in [9.17, 15) is 23.5 Å². The summed E-state index contributed by atoms with van der Waals surface area (Å²) in [7, 11) is 4.29. The molecule has 3 aromatic carbocycles. The fourth-order valence-electron chi connectivity index (χ4n) is 4.34. The van der Waals surface area contributed by atoms with Crippen molar-refractivity contribution in [3.8, 4) is 23.0 Å². The Hall–Kier alpha value is -4.60. The summed E-state index contributed by atoms with van der Waals surface area (Å²) in [6.07, 6.45) is 0. The minimum atomic E-state index is -1.33. The second kappa shape index (κ2) is 10.8. The van der Waals surface area contributed by atoms with Crippen LogP contribution >= 0.6 is 0 Å². The predicted octanol–water partition coefficient (Wildman–Crippen LogP) is 5.02. The standard InChI is InChI=1S/C28H25F2NO7/c1-5-38-23-12-15(6-10-21(23)36-3)25-24(26(32)16-7-11-20(35-2)22(13-16)37-4)27(33)28(34)31(25)19-14-17(29)8-9-18(19)30/h6-14,25,32H,5H2,1-4H3/b26-24+. The Kier molecular flexibility index (Phi) is 7.52. The average Bonchev–Trinajstić information content (AvgIpc) is 3.19. The molecular weight excluding hydrogens is 500 g/mol. The van der Waals surface area contributed by atoms with E-state index >= 15 is 0 Å². The lowest BCUT2D eigenvalue weighted by atomic mass is 9.94. The maximum Gasteiger partial charge on any atom is 0.300 e. The van der Waals surface area contributed by atoms with Crippen molar-refractivity contribution in [1.82, 2.24) is 0 Å². The van der Waals surface area contributed by atoms with Crippen molar-refractivity contribution < 1.29 is 42.4 Å². The zero-order chi connectivity index (χ0) is 27.6. The van der Waals surface area contributed by atoms with E-state index in [1.807, 2.05) is 0 Å². The number of amides is 1. The van der Waals surface area contributed by atoms with Gasteiger partial charge in [0.05, 0.1) is 45.2 Å². The third kappa shape index (κ3) is 4.60. The number of benzene rings is 3. The molecule has 0 aromatic heterocycles. The molecule has 0 saturated carbocycles. The molecule has 1 aliphatic heterocycles. The van der Waals surface area contributed by atoms with Crippen molar-refractivity contribution in [2.75, 3.05) is 32.8 Å². The molecule has 1 atom stereocenters. The van der Waals surface area contributed by atoms with E-state index in [1.54, 1.807) is 19.1 Å². The van der Waals surface area contributed by atoms with E-state index in [0.29, 0.717) is 22.8 Å². The number of carbonyl (C=O) groups is 2. The van der Waals surface area contributed by atoms with Crippen LogP contribution in [0.25, 0.3) is 5.76 Å². The molecule has 0 radical (unpaired) electrons. The number of carbonyl (C=O) groups excluding carboxylic acids is 2. The van der Waals surface area contributed by atoms with Crippen LogP contribution in [0.15, 0.2) is 60.2 Å². The summed E-state index contributed by atoms with van der Waals surface area (Å²) in [6, 6.07) is 10.3. The van der Waals surface area contributed by atoms with Gasteiger partial charge in [-0.2, -0.15) is 0 Å². The molecule has 1 amide bonds. The molecule has 198 valence electrons. The molecular formula is C28H25F2NO7. The first kappa shape index (κ1) is 26.5. The van der Waals surface area contributed by atoms with Crippen LogP contribution in [0.1, 0.15) is 24.1 Å². The Labute approximate surface area is 217 Å². The van der Waals surface area contributed by atoms with E-state index in [2.05, 4.69) is 0 Å². The number of nitrogens with zero attached hydrogens (tertiary/aromatic N) is 1. The Balaban J connectivity index is 2.00. The second-order valence-electron chi connectivity index (χ2n) is 8.18. The number of aliphatic hydroxyl groups is 1. The lowest BCUT2D eigenvalue weighted by molar-refractivity contribution is -0.132. The van der Waals surface area contributed by atoms with Gasteiger partial charge in [0.1, 0.15) is 17.4 Å². The van der Waals surface area contributed by atoms with Crippen molar-refractivity contribution in [3.63, 3.8) is 0 Å². The quantitative estimate of drug-likeness (QED) is 0.251. The summed E-state index contributed by atoms with van der Waals surface area (Å²) in [4.78, 5) is 27.5. The van der Waals surface area contributed by atoms with Gasteiger partial charge in [0.25, 0.3) is 11.7 Å². The number of anilines is 1. The number of rotatable bonds is 8. The van der Waals surface area contributed by atoms with Gasteiger partial charge in [-0.05, 0) is 55.0 Å². The largest absolute Gasteiger partial charge is 0.507 e. The summed E-state index contributed by atoms with van der Waals surface area (Å²) in [5.41, 5.74) is -0.362. The third-order valence-electron chi connectivity index (χ3n) is 6.07. The van der Waals surface area contributed by atoms with E-state index in [0.717, 1.165) is 23.1 Å². The van der Waals surface area contributed by atoms with Gasteiger partial charge in [-0.15, -0.1) is 0 Å². The van der Waals surface area contributed by atoms with Gasteiger partial charge < -0.3 is 24.1 Å². The first-order chi connectivity index (χ1) is 18.2. The molecule has 8 nitrogen and oxygen atoms in total. The first-order valence-corrected chi connectivity index (χ1v) is 11.5. The van der Waals surface area contributed by atoms with Crippen molar-refractivity contribution in [3.05, 3.63) is 82.9 Å². The summed E-state index contributed by atoms with van der Waals surface area (Å²) >= 11 is 0. The molecule has 1 saturated heterocycles. The van der Waals surface area contributed by atoms with E-state index in [-0.39, 0.29) is 23.5 Å². The molecule has 4 rings (SSSR count). The average molecular weight is 526 g/mol. The molecule has 1 N–H and O–H groups in total. The van der Waals surface area contributed by atoms with Gasteiger partial charge in [-0.25, -0.2) is 8.78 Å². The lowest BCUT2D eigenvalue weighted by Gasteiger charge is -2.26. The van der Waals surface area contributed by atoms with Crippen LogP contribution in [0.4, 0.5) is 14.5 Å². The van der Waals surface area contributed by atoms with Crippen LogP contribution in [0, 0.1) is 11.6 Å². The van der Waals surface area contributed by atoms with Crippen molar-refractivity contribution in [2.45, 2.75) is 13.0 Å². The summed E-state index contributed by atoms with van der Waals surface area (Å²) < 4.78 is 50.6. The predicted molar refractivity (Wildman–Crippen MR) is 135 cm³/mol. The first-order valence-electron chi connectivity index (χ1n) is 11.5. The van der Waals surface area contributed by atoms with E-state index in [1.165, 1.54) is 45.6 Å². The molecule has 1 heterocycles. The number of Topliss-reactive ketones (excluding diaryl/α,β-unsaturated/α-hetero) is 1. The topological polar surface area (TPSA) is 94.5 Å². The van der Waals surface area contributed by atoms with Crippen molar-refractivity contribution in [1.29, 1.82) is 0 Å². The Morgan fingerprint density at radius 1 is 0.868 bits per heavy atom. The Morgan fingerprint density at radius 3 is 2.18 bits per heavy atom. The van der Waals surface area contributed by atoms with Gasteiger partial charge in [0.2, 0.25) is 0 Å². The second-order valence-corrected chi connectivity index (χ2v) is 8.18. The smallest absolute Gasteiger partial charge is 0.300 e. The third-order valence-corrected chi connectivity index (χ3v) is 6.07. The number of methoxy groups -OCH3 is 3. The maximum atomic E-state index is 14.9. The highest BCUT2D eigenvalue weighted by Crippen LogP contribution is 2.45. The highest BCUT2D eigenvalue weighted by atomic mass is 19.1. The van der Waals surface area contributed by atoms with E-state index < -0.39 is 40.8 Å². The van der Waals surface area contributed by atoms with Crippen LogP contribution in [0.3, 0.4) is 0 Å². The van der Waals surface area contributed by atoms with Crippen LogP contribution in [-0.4, -0.2) is 44.7 Å². The van der Waals surface area contributed by atoms with Crippen molar-refractivity contribution in [2.24, 2.45) is 0 Å². The molecule has 38 heavy (non-hydrogen) atoms. The zero-order valence-corrected chi connectivity index (χ0v) is 21.1.